The summed E-state index contributed by atoms with van der Waals surface area (Å²) in [7, 11) is 0. The highest BCUT2D eigenvalue weighted by Gasteiger charge is 2.24. The van der Waals surface area contributed by atoms with E-state index in [0.29, 0.717) is 12.1 Å². The summed E-state index contributed by atoms with van der Waals surface area (Å²) in [6.07, 6.45) is 0. The van der Waals surface area contributed by atoms with Gasteiger partial charge in [-0.3, -0.25) is 9.80 Å². The topological polar surface area (TPSA) is 62.6 Å². The van der Waals surface area contributed by atoms with Gasteiger partial charge < -0.3 is 10.2 Å². The zero-order valence-corrected chi connectivity index (χ0v) is 18.7. The molecule has 1 aliphatic rings. The average Bonchev–Trinajstić information content (AvgIpc) is 3.32. The molecule has 2 heterocycles. The Morgan fingerprint density at radius 1 is 1.17 bits per heavy atom. The highest BCUT2D eigenvalue weighted by molar-refractivity contribution is 7.07. The van der Waals surface area contributed by atoms with Crippen molar-refractivity contribution in [2.45, 2.75) is 26.4 Å². The van der Waals surface area contributed by atoms with Gasteiger partial charge in [0.25, 0.3) is 0 Å². The first-order valence-electron chi connectivity index (χ1n) is 10.6. The van der Waals surface area contributed by atoms with E-state index in [1.165, 1.54) is 11.1 Å². The van der Waals surface area contributed by atoms with Gasteiger partial charge in [0.05, 0.1) is 17.7 Å². The van der Waals surface area contributed by atoms with Crippen molar-refractivity contribution in [3.8, 4) is 6.07 Å². The average molecular weight is 426 g/mol. The van der Waals surface area contributed by atoms with Gasteiger partial charge in [0.15, 0.2) is 0 Å². The van der Waals surface area contributed by atoms with Crippen molar-refractivity contribution >= 4 is 17.4 Å². The highest BCUT2D eigenvalue weighted by atomic mass is 32.1. The standard InChI is InChI=1S/C23H31N5OS/c1-3-27(4-2)22(21-9-14-30-18-21)16-25-23(29)28-12-10-26(11-13-28)17-20-7-5-19(15-24)6-8-20/h5-9,14,18,22H,3-4,10-13,16-17H2,1-2H3,(H,25,29). The van der Waals surface area contributed by atoms with Crippen LogP contribution in [0.1, 0.15) is 36.6 Å². The van der Waals surface area contributed by atoms with E-state index in [0.717, 1.165) is 45.8 Å². The fourth-order valence-corrected chi connectivity index (χ4v) is 4.64. The van der Waals surface area contributed by atoms with Crippen molar-refractivity contribution in [3.05, 3.63) is 57.8 Å². The third-order valence-corrected chi connectivity index (χ3v) is 6.48. The number of nitrogens with one attached hydrogen (secondary N) is 1. The predicted octanol–water partition coefficient (Wildman–Crippen LogP) is 3.53. The van der Waals surface area contributed by atoms with E-state index in [4.69, 9.17) is 5.26 Å². The number of thiophene rings is 1. The molecule has 0 saturated carbocycles. The van der Waals surface area contributed by atoms with Crippen molar-refractivity contribution in [1.29, 1.82) is 5.26 Å². The van der Waals surface area contributed by atoms with Crippen LogP contribution in [0, 0.1) is 11.3 Å². The maximum atomic E-state index is 12.8. The lowest BCUT2D eigenvalue weighted by Gasteiger charge is -2.35. The van der Waals surface area contributed by atoms with E-state index >= 15 is 0 Å². The molecule has 1 aromatic carbocycles. The van der Waals surface area contributed by atoms with Gasteiger partial charge in [-0.25, -0.2) is 4.79 Å². The second kappa shape index (κ2) is 11.1. The Morgan fingerprint density at radius 2 is 1.87 bits per heavy atom. The van der Waals surface area contributed by atoms with Gasteiger partial charge in [0.2, 0.25) is 0 Å². The molecule has 30 heavy (non-hydrogen) atoms. The van der Waals surface area contributed by atoms with E-state index in [9.17, 15) is 4.79 Å². The molecule has 1 atom stereocenters. The summed E-state index contributed by atoms with van der Waals surface area (Å²) in [4.78, 5) is 19.4. The van der Waals surface area contributed by atoms with Gasteiger partial charge in [-0.2, -0.15) is 16.6 Å². The van der Waals surface area contributed by atoms with Crippen LogP contribution in [-0.4, -0.2) is 66.5 Å². The third kappa shape index (κ3) is 5.82. The van der Waals surface area contributed by atoms with Gasteiger partial charge in [0.1, 0.15) is 0 Å². The van der Waals surface area contributed by atoms with Crippen molar-refractivity contribution in [3.63, 3.8) is 0 Å². The Morgan fingerprint density at radius 3 is 2.43 bits per heavy atom. The Labute approximate surface area is 183 Å². The molecular weight excluding hydrogens is 394 g/mol. The molecule has 0 bridgehead atoms. The Kier molecular flexibility index (Phi) is 8.26. The molecule has 1 saturated heterocycles. The number of amides is 2. The highest BCUT2D eigenvalue weighted by Crippen LogP contribution is 2.22. The van der Waals surface area contributed by atoms with Crippen LogP contribution in [0.15, 0.2) is 41.1 Å². The number of benzene rings is 1. The number of rotatable bonds is 8. The van der Waals surface area contributed by atoms with E-state index in [2.05, 4.69) is 51.9 Å². The Balaban J connectivity index is 1.48. The van der Waals surface area contributed by atoms with E-state index in [-0.39, 0.29) is 12.1 Å². The summed E-state index contributed by atoms with van der Waals surface area (Å²) in [6.45, 7) is 10.9. The van der Waals surface area contributed by atoms with Crippen molar-refractivity contribution < 1.29 is 4.79 Å². The fourth-order valence-electron chi connectivity index (χ4n) is 3.93. The molecule has 1 N–H and O–H groups in total. The number of hydrogen-bond acceptors (Lipinski definition) is 5. The minimum Gasteiger partial charge on any atom is -0.336 e. The van der Waals surface area contributed by atoms with Gasteiger partial charge >= 0.3 is 6.03 Å². The second-order valence-electron chi connectivity index (χ2n) is 7.55. The normalized spacial score (nSPS) is 15.7. The zero-order valence-electron chi connectivity index (χ0n) is 17.9. The molecule has 1 aliphatic heterocycles. The number of urea groups is 1. The third-order valence-electron chi connectivity index (χ3n) is 5.78. The lowest BCUT2D eigenvalue weighted by atomic mass is 10.1. The molecule has 6 nitrogen and oxygen atoms in total. The van der Waals surface area contributed by atoms with E-state index in [1.54, 1.807) is 11.3 Å². The van der Waals surface area contributed by atoms with Crippen molar-refractivity contribution in [2.24, 2.45) is 0 Å². The summed E-state index contributed by atoms with van der Waals surface area (Å²) in [5.41, 5.74) is 3.16. The number of likely N-dealkylation sites (N-methyl/N-ethyl adjacent to an activating group) is 1. The van der Waals surface area contributed by atoms with Crippen LogP contribution in [-0.2, 0) is 6.54 Å². The maximum Gasteiger partial charge on any atom is 0.317 e. The number of hydrogen-bond donors (Lipinski definition) is 1. The molecule has 2 amide bonds. The van der Waals surface area contributed by atoms with Gasteiger partial charge in [0, 0.05) is 39.3 Å². The molecule has 7 heteroatoms. The number of piperazine rings is 1. The fraction of sp³-hybridized carbons (Fsp3) is 0.478. The second-order valence-corrected chi connectivity index (χ2v) is 8.33. The SMILES string of the molecule is CCN(CC)C(CNC(=O)N1CCN(Cc2ccc(C#N)cc2)CC1)c1ccsc1. The molecule has 0 spiro atoms. The van der Waals surface area contributed by atoms with Crippen LogP contribution in [0.5, 0.6) is 0 Å². The van der Waals surface area contributed by atoms with Crippen LogP contribution >= 0.6 is 11.3 Å². The largest absolute Gasteiger partial charge is 0.336 e. The molecule has 1 fully saturated rings. The van der Waals surface area contributed by atoms with Gasteiger partial charge in [-0.15, -0.1) is 0 Å². The summed E-state index contributed by atoms with van der Waals surface area (Å²) < 4.78 is 0. The monoisotopic (exact) mass is 425 g/mol. The summed E-state index contributed by atoms with van der Waals surface area (Å²) >= 11 is 1.70. The Hall–Kier alpha value is -2.40. The lowest BCUT2D eigenvalue weighted by Crippen LogP contribution is -2.52. The summed E-state index contributed by atoms with van der Waals surface area (Å²) in [5.74, 6) is 0. The smallest absolute Gasteiger partial charge is 0.317 e. The molecule has 160 valence electrons. The van der Waals surface area contributed by atoms with E-state index < -0.39 is 0 Å². The van der Waals surface area contributed by atoms with E-state index in [1.807, 2.05) is 29.2 Å². The first-order chi connectivity index (χ1) is 14.6. The van der Waals surface area contributed by atoms with Crippen molar-refractivity contribution in [1.82, 2.24) is 20.0 Å². The van der Waals surface area contributed by atoms with Crippen LogP contribution in [0.4, 0.5) is 4.79 Å². The lowest BCUT2D eigenvalue weighted by molar-refractivity contribution is 0.132. The first-order valence-corrected chi connectivity index (χ1v) is 11.6. The molecule has 0 radical (unpaired) electrons. The minimum absolute atomic E-state index is 0.0282. The van der Waals surface area contributed by atoms with Crippen LogP contribution < -0.4 is 5.32 Å². The number of carbonyl (C=O) groups excluding carboxylic acids is 1. The number of carbonyl (C=O) groups is 1. The summed E-state index contributed by atoms with van der Waals surface area (Å²) in [6, 6.07) is 12.3. The molecule has 1 aromatic heterocycles. The molecule has 3 rings (SSSR count). The minimum atomic E-state index is 0.0282. The quantitative estimate of drug-likeness (QED) is 0.703. The number of nitriles is 1. The maximum absolute atomic E-state index is 12.8. The van der Waals surface area contributed by atoms with Crippen LogP contribution in [0.25, 0.3) is 0 Å². The van der Waals surface area contributed by atoms with Gasteiger partial charge in [-0.1, -0.05) is 26.0 Å². The first kappa shape index (κ1) is 22.3. The molecular formula is C23H31N5OS. The molecule has 1 unspecified atom stereocenters. The number of nitrogens with zero attached hydrogens (tertiary/aromatic N) is 4. The zero-order chi connectivity index (χ0) is 21.3. The molecule has 2 aromatic rings. The summed E-state index contributed by atoms with van der Waals surface area (Å²) in [5, 5.41) is 16.4. The Bertz CT molecular complexity index is 818. The van der Waals surface area contributed by atoms with Crippen LogP contribution in [0.3, 0.4) is 0 Å². The van der Waals surface area contributed by atoms with Gasteiger partial charge in [-0.05, 0) is 53.2 Å². The predicted molar refractivity (Wildman–Crippen MR) is 121 cm³/mol. The van der Waals surface area contributed by atoms with Crippen molar-refractivity contribution in [2.75, 3.05) is 45.8 Å². The molecule has 0 aliphatic carbocycles. The van der Waals surface area contributed by atoms with Crippen LogP contribution in [0.2, 0.25) is 0 Å².